The fourth-order valence-electron chi connectivity index (χ4n) is 3.90. The third kappa shape index (κ3) is 5.46. The van der Waals surface area contributed by atoms with Gasteiger partial charge >= 0.3 is 0 Å². The van der Waals surface area contributed by atoms with Crippen LogP contribution in [0.15, 0.2) is 24.3 Å². The minimum atomic E-state index is -3.24. The predicted molar refractivity (Wildman–Crippen MR) is 111 cm³/mol. The van der Waals surface area contributed by atoms with Crippen molar-refractivity contribution < 1.29 is 8.42 Å². The molecule has 0 spiro atoms. The molecule has 2 rings (SSSR count). The zero-order valence-electron chi connectivity index (χ0n) is 16.9. The Hall–Kier alpha value is -1.07. The molecule has 1 N–H and O–H groups in total. The average molecular weight is 381 g/mol. The van der Waals surface area contributed by atoms with E-state index in [1.54, 1.807) is 6.92 Å². The number of piperidine rings is 1. The van der Waals surface area contributed by atoms with E-state index in [0.29, 0.717) is 11.6 Å². The predicted octanol–water partition coefficient (Wildman–Crippen LogP) is 4.63. The number of benzene rings is 1. The van der Waals surface area contributed by atoms with Gasteiger partial charge in [0.1, 0.15) is 0 Å². The molecule has 1 aromatic carbocycles. The number of unbranched alkanes of at least 4 members (excludes halogenated alkanes) is 3. The second-order valence-corrected chi connectivity index (χ2v) is 10.0. The molecule has 1 aliphatic rings. The molecular weight excluding hydrogens is 344 g/mol. The Morgan fingerprint density at radius 3 is 2.65 bits per heavy atom. The largest absolute Gasteiger partial charge is 0.303 e. The monoisotopic (exact) mass is 380 g/mol. The van der Waals surface area contributed by atoms with Gasteiger partial charge in [-0.2, -0.15) is 0 Å². The van der Waals surface area contributed by atoms with Crippen molar-refractivity contribution in [2.75, 3.05) is 30.1 Å². The lowest BCUT2D eigenvalue weighted by atomic mass is 9.68. The van der Waals surface area contributed by atoms with Crippen molar-refractivity contribution in [3.8, 4) is 0 Å². The van der Waals surface area contributed by atoms with Crippen LogP contribution in [0.1, 0.15) is 65.4 Å². The number of likely N-dealkylation sites (tertiary alicyclic amines) is 1. The van der Waals surface area contributed by atoms with Gasteiger partial charge in [-0.25, -0.2) is 8.42 Å². The molecule has 1 aromatic rings. The Labute approximate surface area is 160 Å². The van der Waals surface area contributed by atoms with Crippen molar-refractivity contribution >= 4 is 15.7 Å². The van der Waals surface area contributed by atoms with E-state index in [9.17, 15) is 8.42 Å². The summed E-state index contributed by atoms with van der Waals surface area (Å²) in [6.07, 6.45) is 6.36. The Balaban J connectivity index is 2.04. The van der Waals surface area contributed by atoms with Crippen molar-refractivity contribution in [3.05, 3.63) is 29.8 Å². The van der Waals surface area contributed by atoms with Crippen LogP contribution in [0.4, 0.5) is 5.69 Å². The van der Waals surface area contributed by atoms with E-state index in [4.69, 9.17) is 0 Å². The summed E-state index contributed by atoms with van der Waals surface area (Å²) >= 11 is 0. The molecule has 1 fully saturated rings. The van der Waals surface area contributed by atoms with E-state index in [2.05, 4.69) is 36.5 Å². The van der Waals surface area contributed by atoms with Gasteiger partial charge in [-0.15, -0.1) is 0 Å². The molecule has 0 aromatic heterocycles. The number of sulfonamides is 1. The second-order valence-electron chi connectivity index (χ2n) is 8.02. The van der Waals surface area contributed by atoms with Crippen molar-refractivity contribution in [3.63, 3.8) is 0 Å². The highest BCUT2D eigenvalue weighted by atomic mass is 32.2. The number of nitrogens with zero attached hydrogens (tertiary/aromatic N) is 1. The molecule has 2 atom stereocenters. The van der Waals surface area contributed by atoms with E-state index in [1.807, 2.05) is 18.2 Å². The highest BCUT2D eigenvalue weighted by molar-refractivity contribution is 7.92. The molecule has 0 amide bonds. The third-order valence-corrected chi connectivity index (χ3v) is 7.38. The summed E-state index contributed by atoms with van der Waals surface area (Å²) in [4.78, 5) is 2.60. The van der Waals surface area contributed by atoms with E-state index in [-0.39, 0.29) is 11.2 Å². The van der Waals surface area contributed by atoms with Gasteiger partial charge < -0.3 is 4.90 Å². The van der Waals surface area contributed by atoms with Gasteiger partial charge in [-0.05, 0) is 61.9 Å². The van der Waals surface area contributed by atoms with Gasteiger partial charge in [0.2, 0.25) is 10.0 Å². The fraction of sp³-hybridized carbons (Fsp3) is 0.714. The van der Waals surface area contributed by atoms with Gasteiger partial charge in [0.15, 0.2) is 0 Å². The zero-order valence-corrected chi connectivity index (χ0v) is 17.7. The first-order chi connectivity index (χ1) is 12.3. The molecule has 0 aliphatic carbocycles. The minimum absolute atomic E-state index is 0.0909. The van der Waals surface area contributed by atoms with Crippen molar-refractivity contribution in [2.45, 2.75) is 65.2 Å². The molecule has 1 heterocycles. The number of nitrogens with one attached hydrogen (secondary N) is 1. The van der Waals surface area contributed by atoms with Gasteiger partial charge in [0.25, 0.3) is 0 Å². The summed E-state index contributed by atoms with van der Waals surface area (Å²) < 4.78 is 26.4. The summed E-state index contributed by atoms with van der Waals surface area (Å²) in [7, 11) is -3.24. The van der Waals surface area contributed by atoms with E-state index < -0.39 is 10.0 Å². The second kappa shape index (κ2) is 9.23. The highest BCUT2D eigenvalue weighted by Gasteiger charge is 2.37. The van der Waals surface area contributed by atoms with E-state index >= 15 is 0 Å². The van der Waals surface area contributed by atoms with Crippen LogP contribution in [0.25, 0.3) is 0 Å². The lowest BCUT2D eigenvalue weighted by Crippen LogP contribution is -2.47. The molecule has 0 bridgehead atoms. The first kappa shape index (κ1) is 21.2. The summed E-state index contributed by atoms with van der Waals surface area (Å²) in [5.41, 5.74) is 2.01. The Morgan fingerprint density at radius 2 is 2.00 bits per heavy atom. The standard InChI is InChI=1S/C21H36N2O2S/c1-5-7-8-9-14-23-15-13-21(4,18(3)17-23)19-11-10-12-20(16-19)22-26(24,25)6-2/h10-12,16,18,22H,5-9,13-15,17H2,1-4H3. The molecule has 4 nitrogen and oxygen atoms in total. The highest BCUT2D eigenvalue weighted by Crippen LogP contribution is 2.40. The first-order valence-electron chi connectivity index (χ1n) is 10.1. The maximum Gasteiger partial charge on any atom is 0.232 e. The molecule has 1 aliphatic heterocycles. The molecule has 5 heteroatoms. The Morgan fingerprint density at radius 1 is 1.23 bits per heavy atom. The van der Waals surface area contributed by atoms with E-state index in [0.717, 1.165) is 19.5 Å². The molecular formula is C21H36N2O2S. The van der Waals surface area contributed by atoms with Crippen LogP contribution >= 0.6 is 0 Å². The van der Waals surface area contributed by atoms with Crippen LogP contribution in [0.2, 0.25) is 0 Å². The molecule has 0 saturated carbocycles. The van der Waals surface area contributed by atoms with E-state index in [1.165, 1.54) is 37.8 Å². The first-order valence-corrected chi connectivity index (χ1v) is 11.8. The summed E-state index contributed by atoms with van der Waals surface area (Å²) in [5.74, 6) is 0.637. The molecule has 148 valence electrons. The Bertz CT molecular complexity index is 674. The van der Waals surface area contributed by atoms with Gasteiger partial charge in [-0.1, -0.05) is 52.2 Å². The SMILES string of the molecule is CCCCCCN1CCC(C)(c2cccc(NS(=O)(=O)CC)c2)C(C)C1. The quantitative estimate of drug-likeness (QED) is 0.636. The van der Waals surface area contributed by atoms with Crippen LogP contribution in [0.5, 0.6) is 0 Å². The van der Waals surface area contributed by atoms with Crippen molar-refractivity contribution in [2.24, 2.45) is 5.92 Å². The fourth-order valence-corrected chi connectivity index (χ4v) is 4.53. The molecule has 26 heavy (non-hydrogen) atoms. The molecule has 2 unspecified atom stereocenters. The molecule has 0 radical (unpaired) electrons. The number of anilines is 1. The smallest absolute Gasteiger partial charge is 0.232 e. The average Bonchev–Trinajstić information content (AvgIpc) is 2.61. The number of rotatable bonds is 9. The maximum atomic E-state index is 11.9. The lowest BCUT2D eigenvalue weighted by molar-refractivity contribution is 0.109. The summed E-state index contributed by atoms with van der Waals surface area (Å²) in [5, 5.41) is 0. The summed E-state index contributed by atoms with van der Waals surface area (Å²) in [6, 6.07) is 7.99. The summed E-state index contributed by atoms with van der Waals surface area (Å²) in [6.45, 7) is 12.0. The van der Waals surface area contributed by atoms with Gasteiger partial charge in [0.05, 0.1) is 5.75 Å². The van der Waals surface area contributed by atoms with Crippen LogP contribution in [0.3, 0.4) is 0 Å². The molecule has 1 saturated heterocycles. The van der Waals surface area contributed by atoms with Crippen LogP contribution in [0, 0.1) is 5.92 Å². The maximum absolute atomic E-state index is 11.9. The number of hydrogen-bond acceptors (Lipinski definition) is 3. The third-order valence-electron chi connectivity index (χ3n) is 6.07. The van der Waals surface area contributed by atoms with Crippen LogP contribution in [-0.2, 0) is 15.4 Å². The van der Waals surface area contributed by atoms with Crippen LogP contribution in [-0.4, -0.2) is 38.7 Å². The topological polar surface area (TPSA) is 49.4 Å². The van der Waals surface area contributed by atoms with Crippen molar-refractivity contribution in [1.29, 1.82) is 0 Å². The normalized spacial score (nSPS) is 24.5. The minimum Gasteiger partial charge on any atom is -0.303 e. The van der Waals surface area contributed by atoms with Crippen molar-refractivity contribution in [1.82, 2.24) is 4.90 Å². The number of hydrogen-bond donors (Lipinski definition) is 1. The Kier molecular flexibility index (Phi) is 7.53. The van der Waals surface area contributed by atoms with Gasteiger partial charge in [0, 0.05) is 12.2 Å². The van der Waals surface area contributed by atoms with Crippen LogP contribution < -0.4 is 4.72 Å². The van der Waals surface area contributed by atoms with Gasteiger partial charge in [-0.3, -0.25) is 4.72 Å². The zero-order chi connectivity index (χ0) is 19.2. The lowest BCUT2D eigenvalue weighted by Gasteiger charge is -2.45.